The molecule has 0 radical (unpaired) electrons. The molecule has 1 amide bonds. The summed E-state index contributed by atoms with van der Waals surface area (Å²) in [5.41, 5.74) is 0. The first-order chi connectivity index (χ1) is 7.41. The highest BCUT2D eigenvalue weighted by Gasteiger charge is 2.17. The molecule has 1 heterocycles. The number of nitrogens with one attached hydrogen (secondary N) is 1. The Morgan fingerprint density at radius 2 is 1.88 bits per heavy atom. The van der Waals surface area contributed by atoms with E-state index in [-0.39, 0.29) is 5.78 Å². The molecule has 0 spiro atoms. The number of rotatable bonds is 4. The van der Waals surface area contributed by atoms with Crippen molar-refractivity contribution in [2.24, 2.45) is 0 Å². The summed E-state index contributed by atoms with van der Waals surface area (Å²) in [5, 5.41) is 10.9. The van der Waals surface area contributed by atoms with Crippen LogP contribution in [0, 0.1) is 0 Å². The van der Waals surface area contributed by atoms with E-state index in [9.17, 15) is 14.4 Å². The first-order valence-corrected chi connectivity index (χ1v) is 5.38. The first-order valence-electron chi connectivity index (χ1n) is 4.56. The lowest BCUT2D eigenvalue weighted by atomic mass is 10.3. The molecule has 86 valence electrons. The highest BCUT2D eigenvalue weighted by Crippen LogP contribution is 2.16. The van der Waals surface area contributed by atoms with Gasteiger partial charge in [0.2, 0.25) is 0 Å². The van der Waals surface area contributed by atoms with Gasteiger partial charge < -0.3 is 10.4 Å². The molecule has 0 unspecified atom stereocenters. The molecule has 1 aromatic rings. The second-order valence-electron chi connectivity index (χ2n) is 3.25. The SMILES string of the molecule is CC(=O)c1ccc(C(=O)N[C@@H](C)C(=O)O)s1. The predicted molar refractivity (Wildman–Crippen MR) is 58.9 cm³/mol. The summed E-state index contributed by atoms with van der Waals surface area (Å²) in [6, 6.07) is 2.11. The number of ketones is 1. The predicted octanol–water partition coefficient (Wildman–Crippen LogP) is 1.15. The molecule has 2 N–H and O–H groups in total. The topological polar surface area (TPSA) is 83.5 Å². The zero-order chi connectivity index (χ0) is 12.3. The van der Waals surface area contributed by atoms with Crippen LogP contribution in [0.25, 0.3) is 0 Å². The number of hydrogen-bond donors (Lipinski definition) is 2. The maximum absolute atomic E-state index is 11.5. The quantitative estimate of drug-likeness (QED) is 0.775. The van der Waals surface area contributed by atoms with Crippen LogP contribution in [-0.2, 0) is 4.79 Å². The van der Waals surface area contributed by atoms with Gasteiger partial charge in [-0.25, -0.2) is 0 Å². The summed E-state index contributed by atoms with van der Waals surface area (Å²) in [6.45, 7) is 2.78. The number of carboxylic acids is 1. The molecule has 1 rings (SSSR count). The molecule has 0 aliphatic rings. The van der Waals surface area contributed by atoms with Gasteiger partial charge >= 0.3 is 5.97 Å². The second-order valence-corrected chi connectivity index (χ2v) is 4.34. The third-order valence-electron chi connectivity index (χ3n) is 1.89. The summed E-state index contributed by atoms with van der Waals surface area (Å²) >= 11 is 1.05. The van der Waals surface area contributed by atoms with Gasteiger partial charge in [-0.3, -0.25) is 14.4 Å². The highest BCUT2D eigenvalue weighted by molar-refractivity contribution is 7.15. The standard InChI is InChI=1S/C10H11NO4S/c1-5(10(14)15)11-9(13)8-4-3-7(16-8)6(2)12/h3-5H,1-2H3,(H,11,13)(H,14,15)/t5-/m0/s1. The van der Waals surface area contributed by atoms with E-state index >= 15 is 0 Å². The van der Waals surface area contributed by atoms with Gasteiger partial charge in [0.05, 0.1) is 9.75 Å². The highest BCUT2D eigenvalue weighted by atomic mass is 32.1. The van der Waals surface area contributed by atoms with Gasteiger partial charge in [-0.15, -0.1) is 11.3 Å². The zero-order valence-corrected chi connectivity index (χ0v) is 9.63. The summed E-state index contributed by atoms with van der Waals surface area (Å²) < 4.78 is 0. The third-order valence-corrected chi connectivity index (χ3v) is 3.08. The lowest BCUT2D eigenvalue weighted by Gasteiger charge is -2.07. The molecule has 0 saturated carbocycles. The number of amides is 1. The minimum Gasteiger partial charge on any atom is -0.480 e. The van der Waals surface area contributed by atoms with Gasteiger partial charge in [-0.1, -0.05) is 0 Å². The van der Waals surface area contributed by atoms with Crippen molar-refractivity contribution in [1.29, 1.82) is 0 Å². The number of aliphatic carboxylic acids is 1. The molecule has 16 heavy (non-hydrogen) atoms. The second kappa shape index (κ2) is 4.89. The monoisotopic (exact) mass is 241 g/mol. The molecule has 0 aromatic carbocycles. The number of Topliss-reactive ketones (excluding diaryl/α,β-unsaturated/α-hetero) is 1. The van der Waals surface area contributed by atoms with Gasteiger partial charge in [0, 0.05) is 0 Å². The molecule has 0 bridgehead atoms. The van der Waals surface area contributed by atoms with Gasteiger partial charge in [-0.2, -0.15) is 0 Å². The molecular formula is C10H11NO4S. The fourth-order valence-corrected chi connectivity index (χ4v) is 1.78. The molecular weight excluding hydrogens is 230 g/mol. The molecule has 0 aliphatic carbocycles. The van der Waals surface area contributed by atoms with Crippen LogP contribution in [0.5, 0.6) is 0 Å². The van der Waals surface area contributed by atoms with E-state index in [4.69, 9.17) is 5.11 Å². The van der Waals surface area contributed by atoms with Crippen LogP contribution in [0.1, 0.15) is 33.2 Å². The Morgan fingerprint density at radius 3 is 2.31 bits per heavy atom. The van der Waals surface area contributed by atoms with Crippen LogP contribution in [0.3, 0.4) is 0 Å². The van der Waals surface area contributed by atoms with E-state index < -0.39 is 17.9 Å². The Hall–Kier alpha value is -1.69. The molecule has 0 aliphatic heterocycles. The van der Waals surface area contributed by atoms with Crippen LogP contribution in [-0.4, -0.2) is 28.8 Å². The molecule has 1 atom stereocenters. The van der Waals surface area contributed by atoms with Crippen molar-refractivity contribution in [3.63, 3.8) is 0 Å². The number of hydrogen-bond acceptors (Lipinski definition) is 4. The minimum atomic E-state index is -1.10. The fourth-order valence-electron chi connectivity index (χ4n) is 0.979. The molecule has 0 saturated heterocycles. The van der Waals surface area contributed by atoms with Crippen molar-refractivity contribution in [2.45, 2.75) is 19.9 Å². The smallest absolute Gasteiger partial charge is 0.325 e. The van der Waals surface area contributed by atoms with Crippen LogP contribution in [0.15, 0.2) is 12.1 Å². The average molecular weight is 241 g/mol. The Morgan fingerprint density at radius 1 is 1.31 bits per heavy atom. The van der Waals surface area contributed by atoms with Crippen molar-refractivity contribution in [3.8, 4) is 0 Å². The lowest BCUT2D eigenvalue weighted by Crippen LogP contribution is -2.37. The summed E-state index contributed by atoms with van der Waals surface area (Å²) in [4.78, 5) is 33.8. The van der Waals surface area contributed by atoms with Crippen molar-refractivity contribution < 1.29 is 19.5 Å². The first kappa shape index (κ1) is 12.4. The number of thiophene rings is 1. The van der Waals surface area contributed by atoms with Gasteiger partial charge in [0.15, 0.2) is 5.78 Å². The normalized spacial score (nSPS) is 11.9. The van der Waals surface area contributed by atoms with Crippen LogP contribution in [0.2, 0.25) is 0 Å². The maximum atomic E-state index is 11.5. The molecule has 0 fully saturated rings. The Kier molecular flexibility index (Phi) is 3.78. The Balaban J connectivity index is 2.73. The van der Waals surface area contributed by atoms with Crippen molar-refractivity contribution in [2.75, 3.05) is 0 Å². The van der Waals surface area contributed by atoms with E-state index in [2.05, 4.69) is 5.32 Å². The zero-order valence-electron chi connectivity index (χ0n) is 8.81. The van der Waals surface area contributed by atoms with Crippen LogP contribution in [0.4, 0.5) is 0 Å². The lowest BCUT2D eigenvalue weighted by molar-refractivity contribution is -0.138. The van der Waals surface area contributed by atoms with Crippen molar-refractivity contribution >= 4 is 29.0 Å². The van der Waals surface area contributed by atoms with E-state index in [1.807, 2.05) is 0 Å². The van der Waals surface area contributed by atoms with Crippen molar-refractivity contribution in [3.05, 3.63) is 21.9 Å². The molecule has 6 heteroatoms. The summed E-state index contributed by atoms with van der Waals surface area (Å²) in [6.07, 6.45) is 0. The molecule has 5 nitrogen and oxygen atoms in total. The van der Waals surface area contributed by atoms with Crippen LogP contribution >= 0.6 is 11.3 Å². The largest absolute Gasteiger partial charge is 0.480 e. The van der Waals surface area contributed by atoms with Gasteiger partial charge in [0.25, 0.3) is 5.91 Å². The average Bonchev–Trinajstić information content (AvgIpc) is 2.65. The number of carbonyl (C=O) groups is 3. The van der Waals surface area contributed by atoms with E-state index in [0.717, 1.165) is 11.3 Å². The Bertz CT molecular complexity index is 438. The minimum absolute atomic E-state index is 0.115. The van der Waals surface area contributed by atoms with E-state index in [1.165, 1.54) is 19.9 Å². The van der Waals surface area contributed by atoms with Crippen LogP contribution < -0.4 is 5.32 Å². The number of carbonyl (C=O) groups excluding carboxylic acids is 2. The summed E-state index contributed by atoms with van der Waals surface area (Å²) in [5.74, 6) is -1.69. The molecule has 1 aromatic heterocycles. The number of carboxylic acid groups (broad SMARTS) is 1. The summed E-state index contributed by atoms with van der Waals surface area (Å²) in [7, 11) is 0. The maximum Gasteiger partial charge on any atom is 0.325 e. The fraction of sp³-hybridized carbons (Fsp3) is 0.300. The van der Waals surface area contributed by atoms with Gasteiger partial charge in [0.1, 0.15) is 6.04 Å². The van der Waals surface area contributed by atoms with Crippen molar-refractivity contribution in [1.82, 2.24) is 5.32 Å². The van der Waals surface area contributed by atoms with Gasteiger partial charge in [-0.05, 0) is 26.0 Å². The van der Waals surface area contributed by atoms with E-state index in [0.29, 0.717) is 9.75 Å². The van der Waals surface area contributed by atoms with E-state index in [1.54, 1.807) is 6.07 Å². The third kappa shape index (κ3) is 2.90. The Labute approximate surface area is 96.1 Å².